The number of methoxy groups -OCH3 is 1. The molecule has 0 spiro atoms. The minimum absolute atomic E-state index is 0.367. The number of nitrogens with zero attached hydrogens (tertiary/aromatic N) is 1. The summed E-state index contributed by atoms with van der Waals surface area (Å²) >= 11 is 0. The van der Waals surface area contributed by atoms with Crippen molar-refractivity contribution in [3.05, 3.63) is 41.6 Å². The standard InChI is InChI=1S/C18H26N2O/c1-5-19-18(10-13(2)12-21-4)16-8-9-17-15(11-16)7-6-14(3)20-17/h6-9,11,13,18-19H,5,10,12H2,1-4H3. The number of benzene rings is 1. The summed E-state index contributed by atoms with van der Waals surface area (Å²) in [6.07, 6.45) is 1.08. The van der Waals surface area contributed by atoms with Crippen molar-refractivity contribution in [1.29, 1.82) is 0 Å². The first kappa shape index (κ1) is 15.9. The van der Waals surface area contributed by atoms with Crippen molar-refractivity contribution < 1.29 is 4.74 Å². The normalized spacial score (nSPS) is 14.3. The minimum atomic E-state index is 0.367. The number of pyridine rings is 1. The lowest BCUT2D eigenvalue weighted by molar-refractivity contribution is 0.149. The highest BCUT2D eigenvalue weighted by atomic mass is 16.5. The van der Waals surface area contributed by atoms with Gasteiger partial charge >= 0.3 is 0 Å². The summed E-state index contributed by atoms with van der Waals surface area (Å²) in [6, 6.07) is 11.2. The highest BCUT2D eigenvalue weighted by molar-refractivity contribution is 5.79. The van der Waals surface area contributed by atoms with Crippen LogP contribution in [-0.2, 0) is 4.74 Å². The van der Waals surface area contributed by atoms with Crippen molar-refractivity contribution >= 4 is 10.9 Å². The summed E-state index contributed by atoms with van der Waals surface area (Å²) in [4.78, 5) is 4.57. The molecule has 1 heterocycles. The van der Waals surface area contributed by atoms with Crippen molar-refractivity contribution in [1.82, 2.24) is 10.3 Å². The number of aromatic nitrogens is 1. The van der Waals surface area contributed by atoms with Gasteiger partial charge in [0.2, 0.25) is 0 Å². The van der Waals surface area contributed by atoms with Gasteiger partial charge in [0.1, 0.15) is 0 Å². The Labute approximate surface area is 127 Å². The fourth-order valence-electron chi connectivity index (χ4n) is 2.80. The topological polar surface area (TPSA) is 34.1 Å². The molecule has 114 valence electrons. The SMILES string of the molecule is CCNC(CC(C)COC)c1ccc2nc(C)ccc2c1. The van der Waals surface area contributed by atoms with Crippen LogP contribution in [0.3, 0.4) is 0 Å². The summed E-state index contributed by atoms with van der Waals surface area (Å²) in [5, 5.41) is 4.80. The summed E-state index contributed by atoms with van der Waals surface area (Å²) < 4.78 is 5.26. The Balaban J connectivity index is 2.24. The number of rotatable bonds is 7. The molecule has 0 aliphatic rings. The monoisotopic (exact) mass is 286 g/mol. The zero-order chi connectivity index (χ0) is 15.2. The average molecular weight is 286 g/mol. The molecule has 2 rings (SSSR count). The van der Waals surface area contributed by atoms with Crippen molar-refractivity contribution in [2.75, 3.05) is 20.3 Å². The Bertz CT molecular complexity index is 582. The fraction of sp³-hybridized carbons (Fsp3) is 0.500. The number of hydrogen-bond acceptors (Lipinski definition) is 3. The second-order valence-corrected chi connectivity index (χ2v) is 5.81. The maximum atomic E-state index is 5.26. The van der Waals surface area contributed by atoms with Gasteiger partial charge in [-0.05, 0) is 49.6 Å². The molecular weight excluding hydrogens is 260 g/mol. The molecule has 3 heteroatoms. The first-order valence-corrected chi connectivity index (χ1v) is 7.73. The first-order valence-electron chi connectivity index (χ1n) is 7.73. The van der Waals surface area contributed by atoms with Crippen molar-refractivity contribution in [2.45, 2.75) is 33.2 Å². The molecular formula is C18H26N2O. The highest BCUT2D eigenvalue weighted by Crippen LogP contribution is 2.25. The van der Waals surface area contributed by atoms with Gasteiger partial charge in [0.25, 0.3) is 0 Å². The third kappa shape index (κ3) is 4.26. The van der Waals surface area contributed by atoms with E-state index < -0.39 is 0 Å². The molecule has 1 aromatic heterocycles. The number of ether oxygens (including phenoxy) is 1. The predicted octanol–water partition coefficient (Wildman–Crippen LogP) is 3.87. The molecule has 0 radical (unpaired) electrons. The summed E-state index contributed by atoms with van der Waals surface area (Å²) in [5.74, 6) is 0.533. The summed E-state index contributed by atoms with van der Waals surface area (Å²) in [5.41, 5.74) is 3.46. The quantitative estimate of drug-likeness (QED) is 0.839. The highest BCUT2D eigenvalue weighted by Gasteiger charge is 2.15. The molecule has 1 N–H and O–H groups in total. The van der Waals surface area contributed by atoms with Crippen LogP contribution in [0.1, 0.15) is 37.6 Å². The van der Waals surface area contributed by atoms with Gasteiger partial charge in [0.05, 0.1) is 5.52 Å². The van der Waals surface area contributed by atoms with Crippen molar-refractivity contribution in [3.8, 4) is 0 Å². The van der Waals surface area contributed by atoms with Crippen LogP contribution < -0.4 is 5.32 Å². The van der Waals surface area contributed by atoms with Gasteiger partial charge in [-0.3, -0.25) is 4.98 Å². The molecule has 0 saturated heterocycles. The van der Waals surface area contributed by atoms with Crippen LogP contribution >= 0.6 is 0 Å². The third-order valence-electron chi connectivity index (χ3n) is 3.79. The Morgan fingerprint density at radius 3 is 2.76 bits per heavy atom. The largest absolute Gasteiger partial charge is 0.384 e. The molecule has 21 heavy (non-hydrogen) atoms. The van der Waals surface area contributed by atoms with Crippen LogP contribution in [-0.4, -0.2) is 25.2 Å². The summed E-state index contributed by atoms with van der Waals surface area (Å²) in [7, 11) is 1.77. The number of nitrogens with one attached hydrogen (secondary N) is 1. The molecule has 0 fully saturated rings. The Morgan fingerprint density at radius 2 is 2.05 bits per heavy atom. The molecule has 0 amide bonds. The molecule has 0 bridgehead atoms. The second-order valence-electron chi connectivity index (χ2n) is 5.81. The second kappa shape index (κ2) is 7.53. The van der Waals surface area contributed by atoms with Crippen LogP contribution in [0.5, 0.6) is 0 Å². The lowest BCUT2D eigenvalue weighted by Crippen LogP contribution is -2.24. The Morgan fingerprint density at radius 1 is 1.24 bits per heavy atom. The lowest BCUT2D eigenvalue weighted by atomic mass is 9.95. The summed E-state index contributed by atoms with van der Waals surface area (Å²) in [6.45, 7) is 8.19. The van der Waals surface area contributed by atoms with Gasteiger partial charge in [-0.15, -0.1) is 0 Å². The van der Waals surface area contributed by atoms with E-state index in [9.17, 15) is 0 Å². The van der Waals surface area contributed by atoms with Crippen LogP contribution in [0.4, 0.5) is 0 Å². The van der Waals surface area contributed by atoms with E-state index >= 15 is 0 Å². The smallest absolute Gasteiger partial charge is 0.0705 e. The molecule has 2 atom stereocenters. The van der Waals surface area contributed by atoms with E-state index in [0.29, 0.717) is 12.0 Å². The van der Waals surface area contributed by atoms with Crippen LogP contribution in [0.25, 0.3) is 10.9 Å². The van der Waals surface area contributed by atoms with Crippen molar-refractivity contribution in [2.24, 2.45) is 5.92 Å². The van der Waals surface area contributed by atoms with Gasteiger partial charge < -0.3 is 10.1 Å². The van der Waals surface area contributed by atoms with E-state index in [4.69, 9.17) is 4.74 Å². The number of fused-ring (bicyclic) bond motifs is 1. The molecule has 1 aromatic carbocycles. The van der Waals surface area contributed by atoms with E-state index in [1.807, 2.05) is 6.92 Å². The maximum absolute atomic E-state index is 5.26. The number of aryl methyl sites for hydroxylation is 1. The Hall–Kier alpha value is -1.45. The van der Waals surface area contributed by atoms with Gasteiger partial charge in [-0.25, -0.2) is 0 Å². The zero-order valence-corrected chi connectivity index (χ0v) is 13.5. The van der Waals surface area contributed by atoms with Crippen LogP contribution in [0.2, 0.25) is 0 Å². The zero-order valence-electron chi connectivity index (χ0n) is 13.5. The van der Waals surface area contributed by atoms with Crippen LogP contribution in [0.15, 0.2) is 30.3 Å². The molecule has 3 nitrogen and oxygen atoms in total. The van der Waals surface area contributed by atoms with Gasteiger partial charge in [-0.1, -0.05) is 26.0 Å². The Kier molecular flexibility index (Phi) is 5.71. The van der Waals surface area contributed by atoms with E-state index in [0.717, 1.165) is 30.8 Å². The van der Waals surface area contributed by atoms with Gasteiger partial charge in [0.15, 0.2) is 0 Å². The predicted molar refractivity (Wildman–Crippen MR) is 88.6 cm³/mol. The average Bonchev–Trinajstić information content (AvgIpc) is 2.46. The van der Waals surface area contributed by atoms with Gasteiger partial charge in [-0.2, -0.15) is 0 Å². The van der Waals surface area contributed by atoms with Crippen LogP contribution in [0, 0.1) is 12.8 Å². The minimum Gasteiger partial charge on any atom is -0.384 e. The maximum Gasteiger partial charge on any atom is 0.0705 e. The van der Waals surface area contributed by atoms with E-state index in [-0.39, 0.29) is 0 Å². The van der Waals surface area contributed by atoms with Gasteiger partial charge in [0, 0.05) is 30.8 Å². The fourth-order valence-corrected chi connectivity index (χ4v) is 2.80. The van der Waals surface area contributed by atoms with E-state index in [1.54, 1.807) is 7.11 Å². The molecule has 2 aromatic rings. The van der Waals surface area contributed by atoms with E-state index in [1.165, 1.54) is 10.9 Å². The lowest BCUT2D eigenvalue weighted by Gasteiger charge is -2.22. The molecule has 2 unspecified atom stereocenters. The third-order valence-corrected chi connectivity index (χ3v) is 3.79. The first-order chi connectivity index (χ1) is 10.1. The van der Waals surface area contributed by atoms with E-state index in [2.05, 4.69) is 54.5 Å². The molecule has 0 aliphatic carbocycles. The molecule has 0 saturated carbocycles. The van der Waals surface area contributed by atoms with Crippen molar-refractivity contribution in [3.63, 3.8) is 0 Å². The number of hydrogen-bond donors (Lipinski definition) is 1. The molecule has 0 aliphatic heterocycles.